The molecule has 2 aromatic rings. The van der Waals surface area contributed by atoms with E-state index in [1.54, 1.807) is 6.20 Å². The minimum Gasteiger partial charge on any atom is -0.439 e. The van der Waals surface area contributed by atoms with Gasteiger partial charge in [-0.3, -0.25) is 0 Å². The fraction of sp³-hybridized carbons (Fsp3) is 0.353. The Kier molecular flexibility index (Phi) is 3.97. The molecule has 1 N–H and O–H groups in total. The largest absolute Gasteiger partial charge is 0.439 e. The van der Waals surface area contributed by atoms with Crippen LogP contribution in [0.15, 0.2) is 42.6 Å². The molecule has 0 unspecified atom stereocenters. The van der Waals surface area contributed by atoms with Crippen molar-refractivity contribution in [2.75, 3.05) is 0 Å². The van der Waals surface area contributed by atoms with E-state index >= 15 is 0 Å². The standard InChI is InChI=1S/C17H20N2O/c1-2-13-5-9-16(10-6-13)20-17-14(4-3-11-18-17)12-19-15-7-8-15/h3-6,9-11,15,19H,2,7-8,12H2,1H3. The van der Waals surface area contributed by atoms with E-state index in [-0.39, 0.29) is 0 Å². The van der Waals surface area contributed by atoms with Crippen LogP contribution in [0.4, 0.5) is 0 Å². The van der Waals surface area contributed by atoms with Crippen molar-refractivity contribution in [3.05, 3.63) is 53.7 Å². The molecule has 1 aromatic carbocycles. The molecule has 1 aliphatic carbocycles. The van der Waals surface area contributed by atoms with E-state index in [0.29, 0.717) is 11.9 Å². The first kappa shape index (κ1) is 13.1. The van der Waals surface area contributed by atoms with Crippen molar-refractivity contribution in [3.8, 4) is 11.6 Å². The maximum absolute atomic E-state index is 5.91. The summed E-state index contributed by atoms with van der Waals surface area (Å²) in [5.74, 6) is 1.54. The monoisotopic (exact) mass is 268 g/mol. The van der Waals surface area contributed by atoms with Crippen molar-refractivity contribution < 1.29 is 4.74 Å². The van der Waals surface area contributed by atoms with Crippen LogP contribution in [0.1, 0.15) is 30.9 Å². The minimum atomic E-state index is 0.687. The average molecular weight is 268 g/mol. The number of benzene rings is 1. The molecule has 0 spiro atoms. The van der Waals surface area contributed by atoms with Gasteiger partial charge in [0.25, 0.3) is 0 Å². The number of rotatable bonds is 6. The first-order valence-electron chi connectivity index (χ1n) is 7.29. The van der Waals surface area contributed by atoms with E-state index in [1.807, 2.05) is 18.2 Å². The van der Waals surface area contributed by atoms with Gasteiger partial charge in [-0.25, -0.2) is 4.98 Å². The maximum Gasteiger partial charge on any atom is 0.223 e. The smallest absolute Gasteiger partial charge is 0.223 e. The summed E-state index contributed by atoms with van der Waals surface area (Å²) in [7, 11) is 0. The summed E-state index contributed by atoms with van der Waals surface area (Å²) in [6.07, 6.45) is 5.39. The Morgan fingerprint density at radius 1 is 1.20 bits per heavy atom. The molecule has 0 aliphatic heterocycles. The molecule has 0 atom stereocenters. The molecule has 104 valence electrons. The molecule has 20 heavy (non-hydrogen) atoms. The van der Waals surface area contributed by atoms with Gasteiger partial charge < -0.3 is 10.1 Å². The topological polar surface area (TPSA) is 34.1 Å². The minimum absolute atomic E-state index is 0.687. The van der Waals surface area contributed by atoms with Crippen LogP contribution in [0.3, 0.4) is 0 Å². The third-order valence-corrected chi connectivity index (χ3v) is 3.55. The Hall–Kier alpha value is -1.87. The van der Waals surface area contributed by atoms with Gasteiger partial charge in [0.2, 0.25) is 5.88 Å². The highest BCUT2D eigenvalue weighted by Crippen LogP contribution is 2.25. The molecule has 3 heteroatoms. The first-order chi connectivity index (χ1) is 9.85. The molecule has 1 saturated carbocycles. The van der Waals surface area contributed by atoms with E-state index in [0.717, 1.165) is 24.3 Å². The molecule has 1 heterocycles. The van der Waals surface area contributed by atoms with Crippen molar-refractivity contribution in [1.29, 1.82) is 0 Å². The van der Waals surface area contributed by atoms with Gasteiger partial charge in [0.05, 0.1) is 0 Å². The SMILES string of the molecule is CCc1ccc(Oc2ncccc2CNC2CC2)cc1. The van der Waals surface area contributed by atoms with Crippen LogP contribution in [0.5, 0.6) is 11.6 Å². The van der Waals surface area contributed by atoms with Crippen LogP contribution in [-0.4, -0.2) is 11.0 Å². The molecule has 0 bridgehead atoms. The number of nitrogens with zero attached hydrogens (tertiary/aromatic N) is 1. The number of aryl methyl sites for hydroxylation is 1. The van der Waals surface area contributed by atoms with Crippen LogP contribution in [-0.2, 0) is 13.0 Å². The van der Waals surface area contributed by atoms with Gasteiger partial charge in [0, 0.05) is 24.3 Å². The predicted octanol–water partition coefficient (Wildman–Crippen LogP) is 3.69. The fourth-order valence-corrected chi connectivity index (χ4v) is 2.10. The Morgan fingerprint density at radius 2 is 2.00 bits per heavy atom. The van der Waals surface area contributed by atoms with Gasteiger partial charge in [-0.1, -0.05) is 25.1 Å². The van der Waals surface area contributed by atoms with Crippen molar-refractivity contribution in [2.45, 2.75) is 38.8 Å². The van der Waals surface area contributed by atoms with Gasteiger partial charge in [-0.2, -0.15) is 0 Å². The normalized spacial score (nSPS) is 14.2. The van der Waals surface area contributed by atoms with Gasteiger partial charge in [0.15, 0.2) is 0 Å². The number of pyridine rings is 1. The molecule has 1 fully saturated rings. The Bertz CT molecular complexity index is 561. The summed E-state index contributed by atoms with van der Waals surface area (Å²) in [6.45, 7) is 2.97. The van der Waals surface area contributed by atoms with Crippen molar-refractivity contribution in [1.82, 2.24) is 10.3 Å². The summed E-state index contributed by atoms with van der Waals surface area (Å²) in [4.78, 5) is 4.35. The van der Waals surface area contributed by atoms with E-state index < -0.39 is 0 Å². The van der Waals surface area contributed by atoms with Crippen LogP contribution in [0.25, 0.3) is 0 Å². The number of nitrogens with one attached hydrogen (secondary N) is 1. The highest BCUT2D eigenvalue weighted by Gasteiger charge is 2.20. The molecule has 0 amide bonds. The lowest BCUT2D eigenvalue weighted by Crippen LogP contribution is -2.16. The van der Waals surface area contributed by atoms with E-state index in [2.05, 4.69) is 35.4 Å². The number of hydrogen-bond acceptors (Lipinski definition) is 3. The van der Waals surface area contributed by atoms with E-state index in [4.69, 9.17) is 4.74 Å². The fourth-order valence-electron chi connectivity index (χ4n) is 2.10. The Balaban J connectivity index is 1.71. The molecule has 0 radical (unpaired) electrons. The molecule has 1 aliphatic rings. The van der Waals surface area contributed by atoms with Crippen LogP contribution in [0.2, 0.25) is 0 Å². The lowest BCUT2D eigenvalue weighted by atomic mass is 10.2. The zero-order valence-electron chi connectivity index (χ0n) is 11.8. The highest BCUT2D eigenvalue weighted by atomic mass is 16.5. The maximum atomic E-state index is 5.91. The van der Waals surface area contributed by atoms with Gasteiger partial charge in [-0.15, -0.1) is 0 Å². The zero-order chi connectivity index (χ0) is 13.8. The third-order valence-electron chi connectivity index (χ3n) is 3.55. The zero-order valence-corrected chi connectivity index (χ0v) is 11.8. The molecule has 1 aromatic heterocycles. The van der Waals surface area contributed by atoms with Crippen LogP contribution >= 0.6 is 0 Å². The molecular weight excluding hydrogens is 248 g/mol. The Labute approximate surface area is 120 Å². The summed E-state index contributed by atoms with van der Waals surface area (Å²) in [6, 6.07) is 12.9. The lowest BCUT2D eigenvalue weighted by molar-refractivity contribution is 0.452. The summed E-state index contributed by atoms with van der Waals surface area (Å²) in [5.41, 5.74) is 2.42. The average Bonchev–Trinajstić information content (AvgIpc) is 3.31. The first-order valence-corrected chi connectivity index (χ1v) is 7.29. The molecule has 3 rings (SSSR count). The molecule has 0 saturated heterocycles. The second-order valence-electron chi connectivity index (χ2n) is 5.22. The lowest BCUT2D eigenvalue weighted by Gasteiger charge is -2.10. The number of hydrogen-bond donors (Lipinski definition) is 1. The van der Waals surface area contributed by atoms with E-state index in [1.165, 1.54) is 18.4 Å². The van der Waals surface area contributed by atoms with Gasteiger partial charge in [-0.05, 0) is 43.0 Å². The number of aromatic nitrogens is 1. The van der Waals surface area contributed by atoms with Crippen molar-refractivity contribution in [3.63, 3.8) is 0 Å². The van der Waals surface area contributed by atoms with Gasteiger partial charge in [0.1, 0.15) is 5.75 Å². The summed E-state index contributed by atoms with van der Waals surface area (Å²) < 4.78 is 5.91. The van der Waals surface area contributed by atoms with Gasteiger partial charge >= 0.3 is 0 Å². The molecular formula is C17H20N2O. The quantitative estimate of drug-likeness (QED) is 0.867. The Morgan fingerprint density at radius 3 is 2.70 bits per heavy atom. The van der Waals surface area contributed by atoms with Crippen LogP contribution < -0.4 is 10.1 Å². The summed E-state index contributed by atoms with van der Waals surface area (Å²) >= 11 is 0. The molecule has 3 nitrogen and oxygen atoms in total. The summed E-state index contributed by atoms with van der Waals surface area (Å²) in [5, 5.41) is 3.50. The van der Waals surface area contributed by atoms with Crippen LogP contribution in [0, 0.1) is 0 Å². The third kappa shape index (κ3) is 3.36. The predicted molar refractivity (Wildman–Crippen MR) is 80.0 cm³/mol. The van der Waals surface area contributed by atoms with Crippen molar-refractivity contribution in [2.24, 2.45) is 0 Å². The van der Waals surface area contributed by atoms with Crippen molar-refractivity contribution >= 4 is 0 Å². The number of ether oxygens (including phenoxy) is 1. The highest BCUT2D eigenvalue weighted by molar-refractivity contribution is 5.34. The van der Waals surface area contributed by atoms with E-state index in [9.17, 15) is 0 Å². The second-order valence-corrected chi connectivity index (χ2v) is 5.22. The second kappa shape index (κ2) is 6.06.